The predicted octanol–water partition coefficient (Wildman–Crippen LogP) is 12.2. The smallest absolute Gasteiger partial charge is 0.305 e. The Bertz CT molecular complexity index is 1880. The van der Waals surface area contributed by atoms with E-state index in [1.807, 2.05) is 68.6 Å². The number of rotatable bonds is 9. The molecule has 0 spiro atoms. The molecule has 0 atom stereocenters. The molecular formula is C43H39F3IrN2-2. The summed E-state index contributed by atoms with van der Waals surface area (Å²) in [5, 5.41) is 0. The molecule has 2 heterocycles. The number of unbranched alkanes of at least 4 members (excludes halogenated alkanes) is 3. The van der Waals surface area contributed by atoms with Crippen LogP contribution in [0.3, 0.4) is 0 Å². The molecule has 6 aromatic rings. The zero-order chi connectivity index (χ0) is 33.9. The number of nitrogens with zero attached hydrogens (tertiary/aromatic N) is 2. The van der Waals surface area contributed by atoms with Gasteiger partial charge >= 0.3 is 6.18 Å². The number of alkyl halides is 3. The summed E-state index contributed by atoms with van der Waals surface area (Å²) in [4.78, 5) is 8.81. The van der Waals surface area contributed by atoms with E-state index in [9.17, 15) is 13.2 Å². The van der Waals surface area contributed by atoms with E-state index < -0.39 is 11.7 Å². The van der Waals surface area contributed by atoms with Crippen LogP contribution in [-0.4, -0.2) is 9.97 Å². The summed E-state index contributed by atoms with van der Waals surface area (Å²) in [6.45, 7) is 6.34. The van der Waals surface area contributed by atoms with Gasteiger partial charge in [0.15, 0.2) is 0 Å². The summed E-state index contributed by atoms with van der Waals surface area (Å²) in [6.07, 6.45) is 5.61. The average Bonchev–Trinajstić information content (AvgIpc) is 3.11. The standard InChI is InChI=1S/C23H24N.C20H15F3N.Ir/c1-2-3-4-5-10-19-11-8-12-20(17-19)21-13-9-14-22(18-21)23-15-6-7-16-24-23;1-13-4-3-5-14(2)19(13)16-8-11-18(24-12-16)15-6-9-17(10-7-15)20(21,22)23;/h6-9,11-13,15-18H,2-5,10H2,1H3;3-6,8-12H,1-2H3;/q2*-1;. The van der Waals surface area contributed by atoms with Crippen molar-refractivity contribution in [1.29, 1.82) is 0 Å². The fourth-order valence-electron chi connectivity index (χ4n) is 5.71. The number of aromatic nitrogens is 2. The summed E-state index contributed by atoms with van der Waals surface area (Å²) in [7, 11) is 0. The molecule has 0 fully saturated rings. The fourth-order valence-corrected chi connectivity index (χ4v) is 5.71. The topological polar surface area (TPSA) is 25.8 Å². The molecule has 0 aliphatic heterocycles. The Balaban J connectivity index is 0.000000216. The first-order valence-electron chi connectivity index (χ1n) is 16.4. The summed E-state index contributed by atoms with van der Waals surface area (Å²) in [5.41, 5.74) is 10.8. The van der Waals surface area contributed by atoms with Gasteiger partial charge in [-0.2, -0.15) is 13.2 Å². The molecule has 0 saturated heterocycles. The second-order valence-corrected chi connectivity index (χ2v) is 11.9. The molecule has 0 saturated carbocycles. The first-order valence-corrected chi connectivity index (χ1v) is 16.4. The van der Waals surface area contributed by atoms with E-state index in [2.05, 4.69) is 65.4 Å². The van der Waals surface area contributed by atoms with Crippen LogP contribution in [0.1, 0.15) is 54.9 Å². The number of benzene rings is 4. The van der Waals surface area contributed by atoms with E-state index in [-0.39, 0.29) is 20.1 Å². The van der Waals surface area contributed by atoms with E-state index in [0.717, 1.165) is 45.6 Å². The molecule has 2 nitrogen and oxygen atoms in total. The minimum absolute atomic E-state index is 0. The van der Waals surface area contributed by atoms with Crippen molar-refractivity contribution in [3.63, 3.8) is 0 Å². The van der Waals surface area contributed by atoms with Crippen molar-refractivity contribution in [3.8, 4) is 44.8 Å². The van der Waals surface area contributed by atoms with Gasteiger partial charge in [-0.1, -0.05) is 92.9 Å². The van der Waals surface area contributed by atoms with Crippen molar-refractivity contribution in [1.82, 2.24) is 9.97 Å². The van der Waals surface area contributed by atoms with Gasteiger partial charge in [-0.25, -0.2) is 0 Å². The van der Waals surface area contributed by atoms with Gasteiger partial charge < -0.3 is 9.97 Å². The van der Waals surface area contributed by atoms with Gasteiger partial charge in [0.05, 0.1) is 0 Å². The van der Waals surface area contributed by atoms with E-state index >= 15 is 0 Å². The Morgan fingerprint density at radius 3 is 2.06 bits per heavy atom. The Hall–Kier alpha value is -4.38. The number of aryl methyl sites for hydroxylation is 3. The summed E-state index contributed by atoms with van der Waals surface area (Å²) in [6, 6.07) is 40.4. The summed E-state index contributed by atoms with van der Waals surface area (Å²) in [5.74, 6) is 0. The molecule has 6 rings (SSSR count). The van der Waals surface area contributed by atoms with E-state index in [0.29, 0.717) is 11.3 Å². The molecule has 253 valence electrons. The first-order chi connectivity index (χ1) is 23.2. The van der Waals surface area contributed by atoms with Crippen molar-refractivity contribution in [2.75, 3.05) is 0 Å². The number of pyridine rings is 2. The molecular weight excluding hydrogens is 794 g/mol. The average molecular weight is 833 g/mol. The minimum atomic E-state index is -4.35. The number of hydrogen-bond donors (Lipinski definition) is 0. The van der Waals surface area contributed by atoms with Crippen molar-refractivity contribution in [2.45, 2.75) is 59.1 Å². The van der Waals surface area contributed by atoms with Gasteiger partial charge in [0, 0.05) is 32.5 Å². The zero-order valence-corrected chi connectivity index (χ0v) is 30.3. The van der Waals surface area contributed by atoms with E-state index in [4.69, 9.17) is 0 Å². The van der Waals surface area contributed by atoms with Crippen molar-refractivity contribution < 1.29 is 33.3 Å². The van der Waals surface area contributed by atoms with Crippen LogP contribution >= 0.6 is 0 Å². The maximum atomic E-state index is 12.6. The molecule has 0 N–H and O–H groups in total. The third kappa shape index (κ3) is 10.3. The van der Waals surface area contributed by atoms with Crippen molar-refractivity contribution >= 4 is 0 Å². The molecule has 0 unspecified atom stereocenters. The van der Waals surface area contributed by atoms with Gasteiger partial charge in [0.1, 0.15) is 0 Å². The van der Waals surface area contributed by atoms with Crippen LogP contribution in [0, 0.1) is 26.0 Å². The largest absolute Gasteiger partial charge is 0.381 e. The molecule has 0 aliphatic carbocycles. The number of halogens is 3. The minimum Gasteiger partial charge on any atom is -0.305 e. The molecule has 6 heteroatoms. The van der Waals surface area contributed by atoms with Crippen molar-refractivity contribution in [3.05, 3.63) is 156 Å². The van der Waals surface area contributed by atoms with Crippen LogP contribution in [0.25, 0.3) is 44.8 Å². The summed E-state index contributed by atoms with van der Waals surface area (Å²) >= 11 is 0. The maximum Gasteiger partial charge on any atom is 0.381 e. The van der Waals surface area contributed by atoms with Crippen LogP contribution in [-0.2, 0) is 32.7 Å². The maximum absolute atomic E-state index is 12.6. The summed E-state index contributed by atoms with van der Waals surface area (Å²) < 4.78 is 37.8. The second-order valence-electron chi connectivity index (χ2n) is 11.9. The second kappa shape index (κ2) is 17.9. The van der Waals surface area contributed by atoms with Gasteiger partial charge in [-0.15, -0.1) is 65.2 Å². The van der Waals surface area contributed by atoms with Gasteiger partial charge in [0.2, 0.25) is 0 Å². The Morgan fingerprint density at radius 2 is 1.41 bits per heavy atom. The van der Waals surface area contributed by atoms with Crippen LogP contribution in [0.4, 0.5) is 13.2 Å². The van der Waals surface area contributed by atoms with E-state index in [1.165, 1.54) is 54.9 Å². The molecule has 0 aliphatic rings. The Morgan fingerprint density at radius 1 is 0.653 bits per heavy atom. The van der Waals surface area contributed by atoms with Gasteiger partial charge in [0.25, 0.3) is 0 Å². The SMILES string of the molecule is CCCCCCc1cccc(-c2cc[c-]c(-c3ccccn3)c2)c1.Cc1cccc(C)c1-c1ccc(-c2[c-]cc(C(F)(F)F)cc2)nc1.[Ir]. The molecule has 0 amide bonds. The Labute approximate surface area is 301 Å². The molecule has 2 aromatic heterocycles. The molecule has 0 bridgehead atoms. The third-order valence-corrected chi connectivity index (χ3v) is 8.27. The quantitative estimate of drug-likeness (QED) is 0.107. The predicted molar refractivity (Wildman–Crippen MR) is 190 cm³/mol. The number of hydrogen-bond acceptors (Lipinski definition) is 2. The molecule has 1 radical (unpaired) electrons. The zero-order valence-electron chi connectivity index (χ0n) is 27.9. The monoisotopic (exact) mass is 833 g/mol. The normalized spacial score (nSPS) is 10.9. The van der Waals surface area contributed by atoms with Gasteiger partial charge in [-0.3, -0.25) is 0 Å². The van der Waals surface area contributed by atoms with Crippen LogP contribution < -0.4 is 0 Å². The fraction of sp³-hybridized carbons (Fsp3) is 0.209. The molecule has 49 heavy (non-hydrogen) atoms. The Kier molecular flexibility index (Phi) is 13.6. The van der Waals surface area contributed by atoms with Gasteiger partial charge in [-0.05, 0) is 83.1 Å². The van der Waals surface area contributed by atoms with Crippen LogP contribution in [0.15, 0.2) is 122 Å². The first kappa shape index (κ1) is 37.4. The van der Waals surface area contributed by atoms with Crippen LogP contribution in [0.2, 0.25) is 0 Å². The van der Waals surface area contributed by atoms with Crippen molar-refractivity contribution in [2.24, 2.45) is 0 Å². The molecule has 4 aromatic carbocycles. The van der Waals surface area contributed by atoms with E-state index in [1.54, 1.807) is 12.3 Å². The van der Waals surface area contributed by atoms with Crippen LogP contribution in [0.5, 0.6) is 0 Å². The third-order valence-electron chi connectivity index (χ3n) is 8.27.